The van der Waals surface area contributed by atoms with Crippen molar-refractivity contribution in [1.82, 2.24) is 4.90 Å². The summed E-state index contributed by atoms with van der Waals surface area (Å²) in [6, 6.07) is 4.93. The highest BCUT2D eigenvalue weighted by atomic mass is 35.5. The lowest BCUT2D eigenvalue weighted by Gasteiger charge is -2.61. The fourth-order valence-electron chi connectivity index (χ4n) is 4.20. The SMILES string of the molecule is OC(O)(O)N(C(O)(O)O)C(O)(CC(O)(C(O)(O)O)C(O)(O)O)C1(c2ccc(Cl)cc2)CCC1. The molecule has 16 heteroatoms. The summed E-state index contributed by atoms with van der Waals surface area (Å²) in [6.45, 7) is 0. The predicted molar refractivity (Wildman–Crippen MR) is 101 cm³/mol. The summed E-state index contributed by atoms with van der Waals surface area (Å²) >= 11 is 5.82. The van der Waals surface area contributed by atoms with Crippen LogP contribution in [0.2, 0.25) is 5.02 Å². The van der Waals surface area contributed by atoms with Gasteiger partial charge in [-0.05, 0) is 30.5 Å². The zero-order chi connectivity index (χ0) is 25.9. The third-order valence-electron chi connectivity index (χ3n) is 5.95. The number of benzene rings is 1. The quantitative estimate of drug-likeness (QED) is 0.140. The van der Waals surface area contributed by atoms with Crippen LogP contribution in [0.25, 0.3) is 0 Å². The van der Waals surface area contributed by atoms with Crippen LogP contribution in [-0.2, 0) is 5.41 Å². The molecule has 0 amide bonds. The summed E-state index contributed by atoms with van der Waals surface area (Å²) in [5.41, 5.74) is -10.4. The Morgan fingerprint density at radius 2 is 1.09 bits per heavy atom. The second-order valence-electron chi connectivity index (χ2n) is 8.10. The summed E-state index contributed by atoms with van der Waals surface area (Å²) in [5.74, 6) is -9.36. The van der Waals surface area contributed by atoms with Gasteiger partial charge in [0.1, 0.15) is 5.72 Å². The van der Waals surface area contributed by atoms with E-state index in [4.69, 9.17) is 11.6 Å². The first-order valence-corrected chi connectivity index (χ1v) is 9.60. The minimum Gasteiger partial charge on any atom is -0.375 e. The monoisotopic (exact) mass is 503 g/mol. The standard InChI is InChI=1S/C17H26ClNO14/c18-10-4-2-9(3-5-10)11(6-1-7-11)13(21,19(16(28,29)30)17(31,32)33)8-12(20,14(22,23)24)15(25,26)27/h2-5,20-33H,1,6-8H2. The molecule has 1 saturated carbocycles. The summed E-state index contributed by atoms with van der Waals surface area (Å²) in [4.78, 5) is -1.05. The van der Waals surface area contributed by atoms with Crippen molar-refractivity contribution in [3.63, 3.8) is 0 Å². The molecule has 1 aromatic carbocycles. The maximum Gasteiger partial charge on any atom is 0.354 e. The van der Waals surface area contributed by atoms with E-state index in [0.29, 0.717) is 0 Å². The molecule has 1 fully saturated rings. The smallest absolute Gasteiger partial charge is 0.354 e. The van der Waals surface area contributed by atoms with Crippen molar-refractivity contribution in [2.24, 2.45) is 0 Å². The van der Waals surface area contributed by atoms with Crippen LogP contribution in [0.3, 0.4) is 0 Å². The molecule has 1 aliphatic rings. The molecule has 190 valence electrons. The van der Waals surface area contributed by atoms with Gasteiger partial charge in [0.2, 0.25) is 5.60 Å². The molecule has 0 aliphatic heterocycles. The van der Waals surface area contributed by atoms with Crippen molar-refractivity contribution in [3.05, 3.63) is 34.9 Å². The van der Waals surface area contributed by atoms with E-state index in [2.05, 4.69) is 0 Å². The van der Waals surface area contributed by atoms with Crippen molar-refractivity contribution in [2.75, 3.05) is 0 Å². The van der Waals surface area contributed by atoms with E-state index in [1.54, 1.807) is 0 Å². The van der Waals surface area contributed by atoms with E-state index in [9.17, 15) is 71.5 Å². The van der Waals surface area contributed by atoms with Crippen LogP contribution in [0.1, 0.15) is 31.2 Å². The Bertz CT molecular complexity index is 806. The molecule has 14 N–H and O–H groups in total. The summed E-state index contributed by atoms with van der Waals surface area (Å²) in [6.07, 6.45) is -11.7. The highest BCUT2D eigenvalue weighted by Crippen LogP contribution is 2.58. The molecule has 1 atom stereocenters. The number of hydrogen-bond acceptors (Lipinski definition) is 15. The molecule has 33 heavy (non-hydrogen) atoms. The van der Waals surface area contributed by atoms with Crippen LogP contribution in [0.15, 0.2) is 24.3 Å². The second-order valence-corrected chi connectivity index (χ2v) is 8.54. The zero-order valence-electron chi connectivity index (χ0n) is 16.7. The van der Waals surface area contributed by atoms with E-state index < -0.39 is 52.2 Å². The minimum absolute atomic E-state index is 0.0552. The Morgan fingerprint density at radius 1 is 0.697 bits per heavy atom. The molecule has 2 rings (SSSR count). The van der Waals surface area contributed by atoms with Gasteiger partial charge >= 0.3 is 24.1 Å². The fourth-order valence-corrected chi connectivity index (χ4v) is 4.32. The molecule has 0 saturated heterocycles. The molecule has 0 bridgehead atoms. The Balaban J connectivity index is 2.91. The number of aliphatic hydroxyl groups is 14. The van der Waals surface area contributed by atoms with Crippen molar-refractivity contribution in [3.8, 4) is 0 Å². The van der Waals surface area contributed by atoms with Crippen LogP contribution in [0.4, 0.5) is 0 Å². The Hall–Kier alpha value is -1.09. The first-order valence-electron chi connectivity index (χ1n) is 9.23. The molecular weight excluding hydrogens is 478 g/mol. The van der Waals surface area contributed by atoms with Crippen LogP contribution in [0.5, 0.6) is 0 Å². The minimum atomic E-state index is -4.68. The Morgan fingerprint density at radius 3 is 1.36 bits per heavy atom. The summed E-state index contributed by atoms with van der Waals surface area (Å²) in [5, 5.41) is 138. The van der Waals surface area contributed by atoms with Crippen molar-refractivity contribution < 1.29 is 71.5 Å². The Labute approximate surface area is 190 Å². The fraction of sp³-hybridized carbons (Fsp3) is 0.647. The van der Waals surface area contributed by atoms with Crippen LogP contribution < -0.4 is 0 Å². The second kappa shape index (κ2) is 8.25. The van der Waals surface area contributed by atoms with Crippen LogP contribution in [0, 0.1) is 0 Å². The molecule has 15 nitrogen and oxygen atoms in total. The Kier molecular flexibility index (Phi) is 7.03. The zero-order valence-corrected chi connectivity index (χ0v) is 17.5. The lowest BCUT2D eigenvalue weighted by Crippen LogP contribution is -2.81. The molecule has 0 aromatic heterocycles. The van der Waals surface area contributed by atoms with Gasteiger partial charge in [-0.15, -0.1) is 4.90 Å². The van der Waals surface area contributed by atoms with Crippen LogP contribution >= 0.6 is 11.6 Å². The molecule has 1 aliphatic carbocycles. The van der Waals surface area contributed by atoms with E-state index in [-0.39, 0.29) is 29.8 Å². The highest BCUT2D eigenvalue weighted by molar-refractivity contribution is 6.30. The number of rotatable bonds is 9. The normalized spacial score (nSPS) is 19.9. The first kappa shape index (κ1) is 28.1. The van der Waals surface area contributed by atoms with Gasteiger partial charge in [-0.25, -0.2) is 0 Å². The molecular formula is C17H26ClNO14. The predicted octanol–water partition coefficient (Wildman–Crippen LogP) is -5.69. The van der Waals surface area contributed by atoms with Crippen molar-refractivity contribution >= 4 is 11.6 Å². The van der Waals surface area contributed by atoms with E-state index in [1.165, 1.54) is 24.3 Å². The summed E-state index contributed by atoms with van der Waals surface area (Å²) in [7, 11) is 0. The number of nitrogens with zero attached hydrogens (tertiary/aromatic N) is 1. The van der Waals surface area contributed by atoms with Gasteiger partial charge in [0.25, 0.3) is 0 Å². The van der Waals surface area contributed by atoms with Gasteiger partial charge in [-0.3, -0.25) is 0 Å². The largest absolute Gasteiger partial charge is 0.375 e. The molecule has 1 unspecified atom stereocenters. The van der Waals surface area contributed by atoms with Gasteiger partial charge in [-0.2, -0.15) is 0 Å². The molecule has 0 radical (unpaired) electrons. The average molecular weight is 504 g/mol. The van der Waals surface area contributed by atoms with Gasteiger partial charge in [0.05, 0.1) is 0 Å². The molecule has 0 heterocycles. The maximum absolute atomic E-state index is 11.6. The average Bonchev–Trinajstić information content (AvgIpc) is 2.50. The van der Waals surface area contributed by atoms with E-state index in [0.717, 1.165) is 0 Å². The number of halogens is 1. The number of hydrogen-bond donors (Lipinski definition) is 14. The van der Waals surface area contributed by atoms with E-state index >= 15 is 0 Å². The van der Waals surface area contributed by atoms with Crippen molar-refractivity contribution in [2.45, 2.75) is 66.6 Å². The topological polar surface area (TPSA) is 286 Å². The molecule has 0 spiro atoms. The van der Waals surface area contributed by atoms with Gasteiger partial charge in [-0.1, -0.05) is 30.2 Å². The van der Waals surface area contributed by atoms with Crippen molar-refractivity contribution in [1.29, 1.82) is 0 Å². The third-order valence-corrected chi connectivity index (χ3v) is 6.20. The third kappa shape index (κ3) is 4.73. The maximum atomic E-state index is 11.6. The van der Waals surface area contributed by atoms with E-state index in [1.807, 2.05) is 0 Å². The first-order chi connectivity index (χ1) is 14.5. The summed E-state index contributed by atoms with van der Waals surface area (Å²) < 4.78 is 0. The lowest BCUT2D eigenvalue weighted by atomic mass is 9.55. The van der Waals surface area contributed by atoms with Gasteiger partial charge < -0.3 is 71.5 Å². The van der Waals surface area contributed by atoms with Gasteiger partial charge in [0, 0.05) is 16.9 Å². The van der Waals surface area contributed by atoms with Crippen LogP contribution in [-0.4, -0.2) is 112 Å². The molecule has 1 aromatic rings. The van der Waals surface area contributed by atoms with Gasteiger partial charge in [0.15, 0.2) is 0 Å². The lowest BCUT2D eigenvalue weighted by molar-refractivity contribution is -0.564. The highest BCUT2D eigenvalue weighted by Gasteiger charge is 2.74.